The Kier molecular flexibility index (Phi) is 8.45. The van der Waals surface area contributed by atoms with Gasteiger partial charge in [0.05, 0.1) is 44.3 Å². The van der Waals surface area contributed by atoms with Gasteiger partial charge in [-0.25, -0.2) is 0 Å². The van der Waals surface area contributed by atoms with Crippen LogP contribution in [-0.4, -0.2) is 4.57 Å². The number of nitrogens with zero attached hydrogens (tertiary/aromatic N) is 3. The Labute approximate surface area is 427 Å². The number of aryl methyl sites for hydroxylation is 2. The summed E-state index contributed by atoms with van der Waals surface area (Å²) in [5, 5.41) is 6.63. The Morgan fingerprint density at radius 2 is 0.797 bits per heavy atom. The highest BCUT2D eigenvalue weighted by molar-refractivity contribution is 6.26. The molecule has 0 radical (unpaired) electrons. The lowest BCUT2D eigenvalue weighted by Gasteiger charge is -2.40. The first kappa shape index (κ1) is 41.1. The predicted octanol–water partition coefficient (Wildman–Crippen LogP) is 18.8. The minimum Gasteiger partial charge on any atom is -0.455 e. The summed E-state index contributed by atoms with van der Waals surface area (Å²) in [6.45, 7) is 4.31. The molecule has 3 aromatic heterocycles. The number of furan rings is 2. The largest absolute Gasteiger partial charge is 0.455 e. The van der Waals surface area contributed by atoms with Gasteiger partial charge in [-0.15, -0.1) is 0 Å². The molecule has 0 amide bonds. The molecule has 0 fully saturated rings. The van der Waals surface area contributed by atoms with Gasteiger partial charge in [0, 0.05) is 55.4 Å². The minimum absolute atomic E-state index is 0.827. The van der Waals surface area contributed by atoms with Crippen LogP contribution in [0, 0.1) is 13.8 Å². The van der Waals surface area contributed by atoms with Crippen LogP contribution >= 0.6 is 0 Å². The van der Waals surface area contributed by atoms with Crippen molar-refractivity contribution < 1.29 is 8.83 Å². The molecule has 2 aliphatic rings. The van der Waals surface area contributed by atoms with Crippen LogP contribution in [0.25, 0.3) is 82.5 Å². The van der Waals surface area contributed by atoms with E-state index in [0.29, 0.717) is 0 Å². The van der Waals surface area contributed by atoms with E-state index >= 15 is 0 Å². The average molecular weight is 948 g/mol. The zero-order valence-electron chi connectivity index (χ0n) is 40.7. The van der Waals surface area contributed by atoms with Crippen LogP contribution in [0.1, 0.15) is 33.4 Å². The lowest BCUT2D eigenvalue weighted by molar-refractivity contribution is 0.665. The Morgan fingerprint density at radius 1 is 0.365 bits per heavy atom. The topological polar surface area (TPSA) is 37.7 Å². The molecule has 1 aliphatic heterocycles. The van der Waals surface area contributed by atoms with Crippen molar-refractivity contribution in [1.82, 2.24) is 4.57 Å². The fourth-order valence-corrected chi connectivity index (χ4v) is 13.0. The maximum absolute atomic E-state index is 7.51. The van der Waals surface area contributed by atoms with Gasteiger partial charge in [0.2, 0.25) is 0 Å². The summed E-state index contributed by atoms with van der Waals surface area (Å²) in [7, 11) is 0. The SMILES string of the molecule is Cc1ccc(N(c2ccccc2)c2cc3c(c4oc5ccccc5c24)-c2c(cc(N(c4ccccc4)c4ccc(C)cc4)c4c2oc2ccccc24)C32c3ccccc3-n3c4ccccc4c4cccc2c43)cc1. The van der Waals surface area contributed by atoms with Gasteiger partial charge in [0.1, 0.15) is 22.3 Å². The van der Waals surface area contributed by atoms with Crippen molar-refractivity contribution in [3.05, 3.63) is 270 Å². The lowest BCUT2D eigenvalue weighted by atomic mass is 9.65. The van der Waals surface area contributed by atoms with Gasteiger partial charge in [0.15, 0.2) is 0 Å². The smallest absolute Gasteiger partial charge is 0.145 e. The summed E-state index contributed by atoms with van der Waals surface area (Å²) < 4.78 is 17.5. The number of aromatic nitrogens is 1. The molecule has 14 aromatic rings. The highest BCUT2D eigenvalue weighted by atomic mass is 16.3. The summed E-state index contributed by atoms with van der Waals surface area (Å²) >= 11 is 0. The number of para-hydroxylation sites is 7. The van der Waals surface area contributed by atoms with Crippen molar-refractivity contribution in [2.24, 2.45) is 0 Å². The number of hydrogen-bond acceptors (Lipinski definition) is 4. The molecule has 0 saturated heterocycles. The fraction of sp³-hybridized carbons (Fsp3) is 0.0435. The maximum atomic E-state index is 7.51. The Balaban J connectivity index is 1.16. The zero-order valence-corrected chi connectivity index (χ0v) is 40.7. The molecule has 11 aromatic carbocycles. The molecule has 5 heteroatoms. The third-order valence-electron chi connectivity index (χ3n) is 16.1. The van der Waals surface area contributed by atoms with E-state index in [2.05, 4.69) is 265 Å². The molecule has 0 bridgehead atoms. The van der Waals surface area contributed by atoms with Crippen LogP contribution in [0.5, 0.6) is 0 Å². The quantitative estimate of drug-likeness (QED) is 0.166. The van der Waals surface area contributed by atoms with Gasteiger partial charge >= 0.3 is 0 Å². The van der Waals surface area contributed by atoms with E-state index in [9.17, 15) is 0 Å². The second-order valence-corrected chi connectivity index (χ2v) is 20.1. The lowest BCUT2D eigenvalue weighted by Crippen LogP contribution is -2.33. The highest BCUT2D eigenvalue weighted by Crippen LogP contribution is 2.67. The highest BCUT2D eigenvalue weighted by Gasteiger charge is 2.54. The van der Waals surface area contributed by atoms with Gasteiger partial charge in [-0.2, -0.15) is 0 Å². The van der Waals surface area contributed by atoms with Crippen LogP contribution < -0.4 is 9.80 Å². The van der Waals surface area contributed by atoms with Crippen molar-refractivity contribution in [2.75, 3.05) is 9.80 Å². The molecule has 74 heavy (non-hydrogen) atoms. The number of hydrogen-bond donors (Lipinski definition) is 0. The van der Waals surface area contributed by atoms with Gasteiger partial charge in [0.25, 0.3) is 0 Å². The summed E-state index contributed by atoms with van der Waals surface area (Å²) in [6.07, 6.45) is 0. The van der Waals surface area contributed by atoms with E-state index in [-0.39, 0.29) is 0 Å². The summed E-state index contributed by atoms with van der Waals surface area (Å²) in [4.78, 5) is 4.87. The first-order valence-electron chi connectivity index (χ1n) is 25.5. The van der Waals surface area contributed by atoms with Crippen LogP contribution in [0.2, 0.25) is 0 Å². The Bertz CT molecular complexity index is 4410. The van der Waals surface area contributed by atoms with Gasteiger partial charge in [-0.05, 0) is 121 Å². The normalized spacial score (nSPS) is 13.1. The third kappa shape index (κ3) is 5.42. The van der Waals surface area contributed by atoms with E-state index in [1.165, 1.54) is 44.1 Å². The molecule has 0 saturated carbocycles. The first-order valence-corrected chi connectivity index (χ1v) is 25.5. The predicted molar refractivity (Wildman–Crippen MR) is 305 cm³/mol. The number of rotatable bonds is 6. The molecule has 1 aliphatic carbocycles. The summed E-state index contributed by atoms with van der Waals surface area (Å²) in [6, 6.07) is 86.5. The Hall–Kier alpha value is -9.58. The van der Waals surface area contributed by atoms with E-state index in [1.54, 1.807) is 0 Å². The van der Waals surface area contributed by atoms with Crippen LogP contribution in [-0.2, 0) is 5.41 Å². The molecule has 1 spiro atoms. The monoisotopic (exact) mass is 947 g/mol. The van der Waals surface area contributed by atoms with Crippen molar-refractivity contribution in [3.8, 4) is 16.8 Å². The van der Waals surface area contributed by atoms with Crippen molar-refractivity contribution in [3.63, 3.8) is 0 Å². The minimum atomic E-state index is -0.903. The molecular formula is C69H45N3O2. The third-order valence-corrected chi connectivity index (χ3v) is 16.1. The van der Waals surface area contributed by atoms with Gasteiger partial charge in [-0.1, -0.05) is 163 Å². The first-order chi connectivity index (χ1) is 36.6. The number of anilines is 6. The molecular weight excluding hydrogens is 903 g/mol. The zero-order chi connectivity index (χ0) is 48.8. The molecule has 4 heterocycles. The van der Waals surface area contributed by atoms with Gasteiger partial charge in [-0.3, -0.25) is 0 Å². The molecule has 16 rings (SSSR count). The maximum Gasteiger partial charge on any atom is 0.145 e. The van der Waals surface area contributed by atoms with E-state index in [4.69, 9.17) is 8.83 Å². The van der Waals surface area contributed by atoms with E-state index < -0.39 is 5.41 Å². The van der Waals surface area contributed by atoms with Crippen LogP contribution in [0.4, 0.5) is 34.1 Å². The Morgan fingerprint density at radius 3 is 1.35 bits per heavy atom. The van der Waals surface area contributed by atoms with E-state index in [1.807, 2.05) is 0 Å². The van der Waals surface area contributed by atoms with Crippen LogP contribution in [0.3, 0.4) is 0 Å². The molecule has 0 N–H and O–H groups in total. The number of fused-ring (bicyclic) bond motifs is 20. The standard InChI is InChI=1S/C69H45N3O2/c1-42-32-36-46(37-33-42)70(44-18-5-3-6-19-44)58-40-54-64(67-62(58)50-23-10-15-30-60(50)73-67)65-55(69(54)52-26-12-14-29-57(52)72-56-28-13-9-22-48(56)49-25-17-27-53(69)66(49)72)41-59(63-51-24-11-16-31-61(51)74-68(63)65)71(45-20-7-4-8-21-45)47-38-34-43(2)35-39-47/h3-41H,1-2H3. The van der Waals surface area contributed by atoms with Crippen molar-refractivity contribution in [1.29, 1.82) is 0 Å². The van der Waals surface area contributed by atoms with Crippen molar-refractivity contribution in [2.45, 2.75) is 19.3 Å². The molecule has 0 atom stereocenters. The number of benzene rings is 11. The second-order valence-electron chi connectivity index (χ2n) is 20.1. The molecule has 348 valence electrons. The van der Waals surface area contributed by atoms with Gasteiger partial charge < -0.3 is 23.2 Å². The second kappa shape index (κ2) is 15.2. The molecule has 0 unspecified atom stereocenters. The van der Waals surface area contributed by atoms with Crippen molar-refractivity contribution >= 4 is 99.8 Å². The van der Waals surface area contributed by atoms with E-state index in [0.717, 1.165) is 106 Å². The summed E-state index contributed by atoms with van der Waals surface area (Å²) in [5.41, 5.74) is 21.4. The fourth-order valence-electron chi connectivity index (χ4n) is 13.0. The average Bonchev–Trinajstić information content (AvgIpc) is 4.38. The van der Waals surface area contributed by atoms with Crippen LogP contribution in [0.15, 0.2) is 245 Å². The molecule has 5 nitrogen and oxygen atoms in total. The summed E-state index contributed by atoms with van der Waals surface area (Å²) in [5.74, 6) is 0.